The van der Waals surface area contributed by atoms with Crippen molar-refractivity contribution in [3.8, 4) is 22.3 Å². The average molecular weight is 690 g/mol. The van der Waals surface area contributed by atoms with E-state index in [0.29, 0.717) is 31.3 Å². The summed E-state index contributed by atoms with van der Waals surface area (Å²) in [6, 6.07) is 19.3. The molecule has 266 valence electrons. The molecule has 5 aromatic rings. The van der Waals surface area contributed by atoms with Crippen LogP contribution in [0, 0.1) is 0 Å². The summed E-state index contributed by atoms with van der Waals surface area (Å²) < 4.78 is 16.0. The second-order valence-electron chi connectivity index (χ2n) is 14.8. The Bertz CT molecular complexity index is 2020. The molecule has 3 aromatic heterocycles. The van der Waals surface area contributed by atoms with Gasteiger partial charge < -0.3 is 30.0 Å². The van der Waals surface area contributed by atoms with Crippen LogP contribution >= 0.6 is 0 Å². The van der Waals surface area contributed by atoms with Gasteiger partial charge in [-0.05, 0) is 93.8 Å². The van der Waals surface area contributed by atoms with Crippen molar-refractivity contribution < 1.29 is 19.1 Å². The van der Waals surface area contributed by atoms with E-state index < -0.39 is 5.60 Å². The molecule has 7 rings (SSSR count). The second-order valence-corrected chi connectivity index (χ2v) is 14.8. The van der Waals surface area contributed by atoms with E-state index in [1.807, 2.05) is 38.9 Å². The van der Waals surface area contributed by atoms with Crippen LogP contribution in [0.2, 0.25) is 0 Å². The summed E-state index contributed by atoms with van der Waals surface area (Å²) in [5.41, 5.74) is 12.2. The molecule has 51 heavy (non-hydrogen) atoms. The van der Waals surface area contributed by atoms with E-state index in [-0.39, 0.29) is 30.0 Å². The normalized spacial score (nSPS) is 18.3. The summed E-state index contributed by atoms with van der Waals surface area (Å²) in [4.78, 5) is 31.9. The molecule has 2 atom stereocenters. The third-order valence-electron chi connectivity index (χ3n) is 9.95. The van der Waals surface area contributed by atoms with Crippen LogP contribution in [0.1, 0.15) is 74.8 Å². The number of likely N-dealkylation sites (tertiary alicyclic amines) is 1. The van der Waals surface area contributed by atoms with Gasteiger partial charge in [-0.1, -0.05) is 30.3 Å². The highest BCUT2D eigenvalue weighted by atomic mass is 16.6. The minimum atomic E-state index is -0.485. The van der Waals surface area contributed by atoms with E-state index in [2.05, 4.69) is 74.7 Å². The fourth-order valence-corrected chi connectivity index (χ4v) is 7.23. The number of nitrogens with zero attached hydrogens (tertiary/aromatic N) is 5. The molecule has 11 nitrogen and oxygen atoms in total. The molecular formula is C40H47N7O4. The van der Waals surface area contributed by atoms with Crippen molar-refractivity contribution in [2.45, 2.75) is 83.3 Å². The number of carbonyl (C=O) groups is 2. The molecular weight excluding hydrogens is 642 g/mol. The Balaban J connectivity index is 0.939. The van der Waals surface area contributed by atoms with Crippen LogP contribution < -0.4 is 11.1 Å². The third-order valence-corrected chi connectivity index (χ3v) is 9.95. The van der Waals surface area contributed by atoms with Gasteiger partial charge in [-0.15, -0.1) is 0 Å². The lowest BCUT2D eigenvalue weighted by Gasteiger charge is -2.34. The maximum absolute atomic E-state index is 13.3. The van der Waals surface area contributed by atoms with Crippen molar-refractivity contribution in [2.24, 2.45) is 7.05 Å². The van der Waals surface area contributed by atoms with Crippen LogP contribution in [-0.4, -0.2) is 67.1 Å². The van der Waals surface area contributed by atoms with Gasteiger partial charge in [-0.3, -0.25) is 9.48 Å². The molecule has 2 amide bonds. The van der Waals surface area contributed by atoms with Crippen molar-refractivity contribution >= 4 is 28.7 Å². The fourth-order valence-electron chi connectivity index (χ4n) is 7.23. The highest BCUT2D eigenvalue weighted by molar-refractivity contribution is 5.99. The van der Waals surface area contributed by atoms with Crippen molar-refractivity contribution in [3.63, 3.8) is 0 Å². The molecule has 2 aromatic carbocycles. The average Bonchev–Trinajstić information content (AvgIpc) is 3.87. The SMILES string of the molecule is Cn1cc(-c2cnc(N)c(C(=O)N[C@H]3CCC[C@@H]3OCc3ccc(-c4ccc5c(ccn5C5CCN(C(=O)OC(C)(C)C)CC5)c4)cc3)c2)cn1. The van der Waals surface area contributed by atoms with Crippen LogP contribution in [-0.2, 0) is 23.1 Å². The number of nitrogens with one attached hydrogen (secondary N) is 1. The van der Waals surface area contributed by atoms with Gasteiger partial charge in [0.05, 0.1) is 30.5 Å². The zero-order valence-corrected chi connectivity index (χ0v) is 29.8. The van der Waals surface area contributed by atoms with Gasteiger partial charge in [-0.2, -0.15) is 5.10 Å². The topological polar surface area (TPSA) is 130 Å². The first-order chi connectivity index (χ1) is 24.5. The molecule has 1 aliphatic heterocycles. The third kappa shape index (κ3) is 7.78. The van der Waals surface area contributed by atoms with Gasteiger partial charge in [-0.25, -0.2) is 9.78 Å². The van der Waals surface area contributed by atoms with Crippen LogP contribution in [0.4, 0.5) is 10.6 Å². The summed E-state index contributed by atoms with van der Waals surface area (Å²) in [6.07, 6.45) is 11.6. The number of rotatable bonds is 8. The van der Waals surface area contributed by atoms with Gasteiger partial charge in [0.25, 0.3) is 5.91 Å². The molecule has 2 fully saturated rings. The summed E-state index contributed by atoms with van der Waals surface area (Å²) in [5.74, 6) is -0.0451. The Hall–Kier alpha value is -5.16. The van der Waals surface area contributed by atoms with E-state index in [4.69, 9.17) is 15.2 Å². The number of ether oxygens (including phenoxy) is 2. The molecule has 1 saturated carbocycles. The number of hydrogen-bond donors (Lipinski definition) is 2. The summed E-state index contributed by atoms with van der Waals surface area (Å²) in [7, 11) is 1.85. The van der Waals surface area contributed by atoms with Crippen molar-refractivity contribution in [3.05, 3.63) is 90.5 Å². The fraction of sp³-hybridized carbons (Fsp3) is 0.400. The Labute approximate surface area is 298 Å². The van der Waals surface area contributed by atoms with Crippen molar-refractivity contribution in [1.29, 1.82) is 0 Å². The predicted molar refractivity (Wildman–Crippen MR) is 198 cm³/mol. The predicted octanol–water partition coefficient (Wildman–Crippen LogP) is 7.13. The molecule has 0 bridgehead atoms. The minimum Gasteiger partial charge on any atom is -0.444 e. The Morgan fingerprint density at radius 3 is 2.41 bits per heavy atom. The molecule has 11 heteroatoms. The van der Waals surface area contributed by atoms with Crippen LogP contribution in [0.25, 0.3) is 33.2 Å². The van der Waals surface area contributed by atoms with Crippen LogP contribution in [0.15, 0.2) is 79.4 Å². The van der Waals surface area contributed by atoms with Gasteiger partial charge in [0.1, 0.15) is 11.4 Å². The van der Waals surface area contributed by atoms with Gasteiger partial charge in [0.2, 0.25) is 0 Å². The zero-order valence-electron chi connectivity index (χ0n) is 29.8. The molecule has 0 spiro atoms. The number of carbonyl (C=O) groups excluding carboxylic acids is 2. The zero-order chi connectivity index (χ0) is 35.7. The second kappa shape index (κ2) is 14.2. The van der Waals surface area contributed by atoms with E-state index in [9.17, 15) is 9.59 Å². The standard InChI is InChI=1S/C40H47N7O4/c1-40(2,3)51-39(49)46-17-15-32(16-18-46)47-19-14-29-20-28(12-13-35(29)47)27-10-8-26(9-11-27)25-50-36-7-5-6-34(36)44-38(48)33-21-30(22-42-37(33)41)31-23-43-45(4)24-31/h8-14,19-24,32,34,36H,5-7,15-18,25H2,1-4H3,(H2,41,42)(H,44,48)/t34-,36-/m0/s1. The molecule has 0 unspecified atom stereocenters. The Kier molecular flexibility index (Phi) is 9.56. The number of benzene rings is 2. The van der Waals surface area contributed by atoms with E-state index in [1.165, 1.54) is 10.9 Å². The molecule has 3 N–H and O–H groups in total. The van der Waals surface area contributed by atoms with E-state index in [0.717, 1.165) is 59.9 Å². The lowest BCUT2D eigenvalue weighted by atomic mass is 10.0. The first-order valence-corrected chi connectivity index (χ1v) is 17.9. The van der Waals surface area contributed by atoms with E-state index in [1.54, 1.807) is 23.1 Å². The number of nitrogen functional groups attached to an aromatic ring is 1. The van der Waals surface area contributed by atoms with Gasteiger partial charge in [0, 0.05) is 66.8 Å². The number of pyridine rings is 1. The molecule has 1 aliphatic carbocycles. The molecule has 1 saturated heterocycles. The molecule has 4 heterocycles. The molecule has 2 aliphatic rings. The summed E-state index contributed by atoms with van der Waals surface area (Å²) in [5, 5.41) is 8.58. The number of amides is 2. The number of piperidine rings is 1. The molecule has 0 radical (unpaired) electrons. The summed E-state index contributed by atoms with van der Waals surface area (Å²) >= 11 is 0. The summed E-state index contributed by atoms with van der Waals surface area (Å²) in [6.45, 7) is 7.56. The number of nitrogens with two attached hydrogens (primary N) is 1. The Morgan fingerprint density at radius 2 is 1.69 bits per heavy atom. The number of hydrogen-bond acceptors (Lipinski definition) is 7. The first kappa shape index (κ1) is 34.3. The van der Waals surface area contributed by atoms with Crippen molar-refractivity contribution in [2.75, 3.05) is 18.8 Å². The number of aryl methyl sites for hydroxylation is 1. The smallest absolute Gasteiger partial charge is 0.410 e. The Morgan fingerprint density at radius 1 is 0.922 bits per heavy atom. The van der Waals surface area contributed by atoms with Crippen LogP contribution in [0.3, 0.4) is 0 Å². The number of anilines is 1. The van der Waals surface area contributed by atoms with E-state index >= 15 is 0 Å². The van der Waals surface area contributed by atoms with Crippen LogP contribution in [0.5, 0.6) is 0 Å². The lowest BCUT2D eigenvalue weighted by molar-refractivity contribution is 0.0189. The monoisotopic (exact) mass is 689 g/mol. The van der Waals surface area contributed by atoms with Crippen molar-refractivity contribution in [1.82, 2.24) is 29.5 Å². The first-order valence-electron chi connectivity index (χ1n) is 17.9. The lowest BCUT2D eigenvalue weighted by Crippen LogP contribution is -2.42. The number of aromatic nitrogens is 4. The highest BCUT2D eigenvalue weighted by Gasteiger charge is 2.31. The van der Waals surface area contributed by atoms with Gasteiger partial charge >= 0.3 is 6.09 Å². The highest BCUT2D eigenvalue weighted by Crippen LogP contribution is 2.32. The maximum Gasteiger partial charge on any atom is 0.410 e. The maximum atomic E-state index is 13.3. The largest absolute Gasteiger partial charge is 0.444 e. The number of fused-ring (bicyclic) bond motifs is 1. The van der Waals surface area contributed by atoms with Gasteiger partial charge in [0.15, 0.2) is 0 Å². The quantitative estimate of drug-likeness (QED) is 0.177. The minimum absolute atomic E-state index is 0.0830.